The van der Waals surface area contributed by atoms with Crippen molar-refractivity contribution in [3.63, 3.8) is 0 Å². The summed E-state index contributed by atoms with van der Waals surface area (Å²) in [6.45, 7) is 2.52. The zero-order valence-electron chi connectivity index (χ0n) is 12.4. The van der Waals surface area contributed by atoms with Gasteiger partial charge in [-0.05, 0) is 19.3 Å². The first-order chi connectivity index (χ1) is 9.78. The maximum absolute atomic E-state index is 12.3. The summed E-state index contributed by atoms with van der Waals surface area (Å²) in [6, 6.07) is 0. The Bertz CT molecular complexity index is 471. The van der Waals surface area contributed by atoms with E-state index in [9.17, 15) is 18.0 Å². The molecule has 1 saturated heterocycles. The lowest BCUT2D eigenvalue weighted by Gasteiger charge is -2.32. The molecule has 0 unspecified atom stereocenters. The number of piperidine rings is 1. The summed E-state index contributed by atoms with van der Waals surface area (Å²) >= 11 is 0. The molecule has 1 fully saturated rings. The molecule has 0 aliphatic carbocycles. The van der Waals surface area contributed by atoms with Crippen LogP contribution in [-0.4, -0.2) is 67.2 Å². The van der Waals surface area contributed by atoms with Crippen molar-refractivity contribution < 1.29 is 23.1 Å². The fraction of sp³-hybridized carbons (Fsp3) is 0.833. The molecule has 21 heavy (non-hydrogen) atoms. The molecule has 122 valence electrons. The summed E-state index contributed by atoms with van der Waals surface area (Å²) < 4.78 is 26.8. The molecule has 0 bridgehead atoms. The average Bonchev–Trinajstić information content (AvgIpc) is 2.45. The molecule has 0 spiro atoms. The number of carboxylic acids is 1. The van der Waals surface area contributed by atoms with Crippen LogP contribution < -0.4 is 5.32 Å². The molecule has 1 rings (SSSR count). The van der Waals surface area contributed by atoms with Crippen LogP contribution in [0.4, 0.5) is 0 Å². The molecular weight excluding hydrogens is 298 g/mol. The Hall–Kier alpha value is -1.19. The van der Waals surface area contributed by atoms with E-state index in [1.807, 2.05) is 6.92 Å². The van der Waals surface area contributed by atoms with Gasteiger partial charge in [0.1, 0.15) is 0 Å². The highest BCUT2D eigenvalue weighted by Gasteiger charge is 2.33. The first kappa shape index (κ1) is 17.9. The van der Waals surface area contributed by atoms with E-state index in [1.54, 1.807) is 0 Å². The normalized spacial score (nSPS) is 17.9. The van der Waals surface area contributed by atoms with Crippen LogP contribution in [-0.2, 0) is 19.8 Å². The topological polar surface area (TPSA) is 107 Å². The molecule has 1 aliphatic rings. The molecule has 2 N–H and O–H groups in total. The summed E-state index contributed by atoms with van der Waals surface area (Å²) in [5, 5.41) is 11.5. The second kappa shape index (κ2) is 7.71. The number of hydrogen-bond donors (Lipinski definition) is 2. The lowest BCUT2D eigenvalue weighted by atomic mass is 9.99. The van der Waals surface area contributed by atoms with Gasteiger partial charge in [0.05, 0.1) is 12.5 Å². The summed E-state index contributed by atoms with van der Waals surface area (Å²) in [5.41, 5.74) is 0. The van der Waals surface area contributed by atoms with Crippen LogP contribution in [0, 0.1) is 5.92 Å². The predicted octanol–water partition coefficient (Wildman–Crippen LogP) is -0.514. The van der Waals surface area contributed by atoms with Gasteiger partial charge in [-0.1, -0.05) is 6.92 Å². The van der Waals surface area contributed by atoms with E-state index in [-0.39, 0.29) is 25.5 Å². The monoisotopic (exact) mass is 321 g/mol. The lowest BCUT2D eigenvalue weighted by Crippen LogP contribution is -2.49. The molecule has 0 aromatic rings. The molecule has 9 heteroatoms. The molecular formula is C12H23N3O5S. The van der Waals surface area contributed by atoms with Crippen LogP contribution in [0.25, 0.3) is 0 Å². The van der Waals surface area contributed by atoms with Crippen molar-refractivity contribution in [2.45, 2.75) is 26.2 Å². The summed E-state index contributed by atoms with van der Waals surface area (Å²) in [7, 11) is -2.37. The van der Waals surface area contributed by atoms with Crippen molar-refractivity contribution in [1.29, 1.82) is 0 Å². The smallest absolute Gasteiger partial charge is 0.306 e. The maximum atomic E-state index is 12.3. The van der Waals surface area contributed by atoms with Gasteiger partial charge in [-0.15, -0.1) is 0 Å². The molecule has 8 nitrogen and oxygen atoms in total. The molecule has 0 aromatic carbocycles. The highest BCUT2D eigenvalue weighted by molar-refractivity contribution is 7.86. The largest absolute Gasteiger partial charge is 0.481 e. The van der Waals surface area contributed by atoms with Crippen LogP contribution in [0.5, 0.6) is 0 Å². The number of aliphatic carboxylic acids is 1. The second-order valence-corrected chi connectivity index (χ2v) is 7.16. The summed E-state index contributed by atoms with van der Waals surface area (Å²) in [6.07, 6.45) is 1.37. The number of carbonyl (C=O) groups is 2. The SMILES string of the molecule is CCCNC(=O)CN(C)S(=O)(=O)N1CCC(C(=O)O)CC1. The zero-order valence-corrected chi connectivity index (χ0v) is 13.2. The number of rotatable bonds is 7. The third-order valence-corrected chi connectivity index (χ3v) is 5.40. The molecule has 0 atom stereocenters. The Morgan fingerprint density at radius 3 is 2.38 bits per heavy atom. The maximum Gasteiger partial charge on any atom is 0.306 e. The second-order valence-electron chi connectivity index (χ2n) is 5.13. The van der Waals surface area contributed by atoms with E-state index < -0.39 is 22.1 Å². The van der Waals surface area contributed by atoms with E-state index in [0.717, 1.165) is 10.7 Å². The van der Waals surface area contributed by atoms with Gasteiger partial charge >= 0.3 is 5.97 Å². The van der Waals surface area contributed by atoms with Gasteiger partial charge in [0.15, 0.2) is 0 Å². The molecule has 0 radical (unpaired) electrons. The van der Waals surface area contributed by atoms with E-state index in [0.29, 0.717) is 19.4 Å². The standard InChI is InChI=1S/C12H23N3O5S/c1-3-6-13-11(16)9-14(2)21(19,20)15-7-4-10(5-8-15)12(17)18/h10H,3-9H2,1-2H3,(H,13,16)(H,17,18). The Morgan fingerprint density at radius 2 is 1.90 bits per heavy atom. The van der Waals surface area contributed by atoms with Crippen molar-refractivity contribution in [2.75, 3.05) is 33.2 Å². The number of amides is 1. The van der Waals surface area contributed by atoms with Gasteiger partial charge in [-0.2, -0.15) is 17.0 Å². The molecule has 1 heterocycles. The Balaban J connectivity index is 2.56. The Labute approximate surface area is 125 Å². The lowest BCUT2D eigenvalue weighted by molar-refractivity contribution is -0.142. The van der Waals surface area contributed by atoms with Crippen LogP contribution in [0.2, 0.25) is 0 Å². The number of carboxylic acid groups (broad SMARTS) is 1. The van der Waals surface area contributed by atoms with Crippen LogP contribution in [0.15, 0.2) is 0 Å². The van der Waals surface area contributed by atoms with Crippen LogP contribution in [0.3, 0.4) is 0 Å². The Morgan fingerprint density at radius 1 is 1.33 bits per heavy atom. The number of nitrogens with zero attached hydrogens (tertiary/aromatic N) is 2. The average molecular weight is 321 g/mol. The fourth-order valence-corrected chi connectivity index (χ4v) is 3.48. The quantitative estimate of drug-likeness (QED) is 0.656. The third-order valence-electron chi connectivity index (χ3n) is 3.46. The highest BCUT2D eigenvalue weighted by atomic mass is 32.2. The van der Waals surface area contributed by atoms with E-state index >= 15 is 0 Å². The molecule has 1 amide bonds. The molecule has 0 saturated carbocycles. The van der Waals surface area contributed by atoms with Gasteiger partial charge in [0, 0.05) is 26.7 Å². The van der Waals surface area contributed by atoms with E-state index in [2.05, 4.69) is 5.32 Å². The highest BCUT2D eigenvalue weighted by Crippen LogP contribution is 2.20. The van der Waals surface area contributed by atoms with Crippen molar-refractivity contribution in [2.24, 2.45) is 5.92 Å². The number of nitrogens with one attached hydrogen (secondary N) is 1. The molecule has 0 aromatic heterocycles. The molecule has 1 aliphatic heterocycles. The van der Waals surface area contributed by atoms with Gasteiger partial charge in [-0.25, -0.2) is 0 Å². The number of hydrogen-bond acceptors (Lipinski definition) is 4. The van der Waals surface area contributed by atoms with Gasteiger partial charge < -0.3 is 10.4 Å². The van der Waals surface area contributed by atoms with Gasteiger partial charge in [0.2, 0.25) is 5.91 Å². The van der Waals surface area contributed by atoms with E-state index in [4.69, 9.17) is 5.11 Å². The van der Waals surface area contributed by atoms with Crippen molar-refractivity contribution in [3.05, 3.63) is 0 Å². The van der Waals surface area contributed by atoms with Crippen molar-refractivity contribution in [1.82, 2.24) is 13.9 Å². The van der Waals surface area contributed by atoms with Crippen LogP contribution in [0.1, 0.15) is 26.2 Å². The summed E-state index contributed by atoms with van der Waals surface area (Å²) in [4.78, 5) is 22.4. The summed E-state index contributed by atoms with van der Waals surface area (Å²) in [5.74, 6) is -1.72. The number of carbonyl (C=O) groups excluding carboxylic acids is 1. The van der Waals surface area contributed by atoms with Crippen molar-refractivity contribution in [3.8, 4) is 0 Å². The number of likely N-dealkylation sites (N-methyl/N-ethyl adjacent to an activating group) is 1. The van der Waals surface area contributed by atoms with E-state index in [1.165, 1.54) is 11.4 Å². The fourth-order valence-electron chi connectivity index (χ4n) is 2.13. The zero-order chi connectivity index (χ0) is 16.0. The first-order valence-corrected chi connectivity index (χ1v) is 8.39. The minimum absolute atomic E-state index is 0.167. The minimum atomic E-state index is -3.72. The van der Waals surface area contributed by atoms with Gasteiger partial charge in [0.25, 0.3) is 10.2 Å². The van der Waals surface area contributed by atoms with Crippen LogP contribution >= 0.6 is 0 Å². The third kappa shape index (κ3) is 4.94. The van der Waals surface area contributed by atoms with Gasteiger partial charge in [-0.3, -0.25) is 9.59 Å². The van der Waals surface area contributed by atoms with Crippen molar-refractivity contribution >= 4 is 22.1 Å². The Kier molecular flexibility index (Phi) is 6.56. The predicted molar refractivity (Wildman–Crippen MR) is 76.8 cm³/mol. The first-order valence-electron chi connectivity index (χ1n) is 7.00. The minimum Gasteiger partial charge on any atom is -0.481 e.